The molecule has 5 nitrogen and oxygen atoms in total. The number of methoxy groups -OCH3 is 1. The molecule has 0 N–H and O–H groups in total. The van der Waals surface area contributed by atoms with E-state index in [1.807, 2.05) is 6.07 Å². The van der Waals surface area contributed by atoms with Gasteiger partial charge >= 0.3 is 0 Å². The van der Waals surface area contributed by atoms with Crippen LogP contribution in [0, 0.1) is 11.3 Å². The molecule has 0 bridgehead atoms. The number of carbonyl (C=O) groups is 2. The lowest BCUT2D eigenvalue weighted by Gasteiger charge is -2.16. The molecule has 0 spiro atoms. The molecule has 0 atom stereocenters. The van der Waals surface area contributed by atoms with Gasteiger partial charge in [0.15, 0.2) is 5.78 Å². The van der Waals surface area contributed by atoms with Gasteiger partial charge in [-0.3, -0.25) is 9.59 Å². The van der Waals surface area contributed by atoms with E-state index in [1.165, 1.54) is 12.0 Å². The first-order chi connectivity index (χ1) is 8.15. The minimum Gasteiger partial charge on any atom is -0.497 e. The normalized spacial score (nSPS) is 14.9. The van der Waals surface area contributed by atoms with Crippen LogP contribution in [0.3, 0.4) is 0 Å². The molecule has 1 saturated heterocycles. The van der Waals surface area contributed by atoms with Crippen molar-refractivity contribution in [3.05, 3.63) is 23.8 Å². The van der Waals surface area contributed by atoms with Gasteiger partial charge in [0.1, 0.15) is 11.8 Å². The molecule has 1 fully saturated rings. The predicted molar refractivity (Wildman–Crippen MR) is 59.7 cm³/mol. The van der Waals surface area contributed by atoms with Crippen molar-refractivity contribution in [3.8, 4) is 11.8 Å². The number of rotatable bonds is 2. The van der Waals surface area contributed by atoms with Crippen LogP contribution in [0.4, 0.5) is 5.69 Å². The van der Waals surface area contributed by atoms with E-state index in [2.05, 4.69) is 0 Å². The monoisotopic (exact) mass is 230 g/mol. The van der Waals surface area contributed by atoms with Crippen LogP contribution in [0.5, 0.6) is 5.75 Å². The fraction of sp³-hybridized carbons (Fsp3) is 0.250. The Hall–Kier alpha value is -2.35. The molecule has 1 aromatic rings. The molecule has 0 radical (unpaired) electrons. The first-order valence-corrected chi connectivity index (χ1v) is 5.06. The first kappa shape index (κ1) is 11.1. The van der Waals surface area contributed by atoms with Crippen LogP contribution in [0.15, 0.2) is 18.2 Å². The van der Waals surface area contributed by atoms with E-state index in [0.29, 0.717) is 17.0 Å². The average molecular weight is 230 g/mol. The van der Waals surface area contributed by atoms with Crippen LogP contribution in [0.2, 0.25) is 0 Å². The van der Waals surface area contributed by atoms with Gasteiger partial charge in [-0.1, -0.05) is 0 Å². The van der Waals surface area contributed by atoms with Gasteiger partial charge in [-0.05, 0) is 18.2 Å². The highest BCUT2D eigenvalue weighted by atomic mass is 16.5. The van der Waals surface area contributed by atoms with Crippen LogP contribution >= 0.6 is 0 Å². The zero-order chi connectivity index (χ0) is 12.4. The largest absolute Gasteiger partial charge is 0.497 e. The zero-order valence-corrected chi connectivity index (χ0v) is 9.27. The van der Waals surface area contributed by atoms with E-state index in [4.69, 9.17) is 10.00 Å². The summed E-state index contributed by atoms with van der Waals surface area (Å²) in [6.07, 6.45) is -0.0864. The van der Waals surface area contributed by atoms with Crippen molar-refractivity contribution in [1.82, 2.24) is 0 Å². The van der Waals surface area contributed by atoms with Gasteiger partial charge < -0.3 is 9.64 Å². The van der Waals surface area contributed by atoms with Gasteiger partial charge in [-0.25, -0.2) is 0 Å². The van der Waals surface area contributed by atoms with E-state index in [9.17, 15) is 9.59 Å². The van der Waals surface area contributed by atoms with E-state index in [0.717, 1.165) is 0 Å². The Morgan fingerprint density at radius 2 is 2.18 bits per heavy atom. The van der Waals surface area contributed by atoms with Crippen molar-refractivity contribution in [1.29, 1.82) is 5.26 Å². The van der Waals surface area contributed by atoms with Gasteiger partial charge in [-0.15, -0.1) is 0 Å². The van der Waals surface area contributed by atoms with Crippen LogP contribution in [0.25, 0.3) is 0 Å². The summed E-state index contributed by atoms with van der Waals surface area (Å²) in [7, 11) is 1.50. The Morgan fingerprint density at radius 1 is 1.41 bits per heavy atom. The van der Waals surface area contributed by atoms with E-state index in [1.54, 1.807) is 18.2 Å². The highest BCUT2D eigenvalue weighted by Gasteiger charge is 2.30. The van der Waals surface area contributed by atoms with Crippen molar-refractivity contribution in [2.45, 2.75) is 6.42 Å². The minimum absolute atomic E-state index is 0.0415. The summed E-state index contributed by atoms with van der Waals surface area (Å²) in [6, 6.07) is 6.82. The number of nitriles is 1. The molecule has 1 amide bonds. The van der Waals surface area contributed by atoms with Crippen LogP contribution in [-0.4, -0.2) is 25.3 Å². The number of hydrogen-bond acceptors (Lipinski definition) is 4. The summed E-state index contributed by atoms with van der Waals surface area (Å²) < 4.78 is 5.00. The van der Waals surface area contributed by atoms with E-state index in [-0.39, 0.29) is 24.7 Å². The lowest BCUT2D eigenvalue weighted by atomic mass is 10.1. The third-order valence-corrected chi connectivity index (χ3v) is 2.60. The lowest BCUT2D eigenvalue weighted by Crippen LogP contribution is -2.25. The maximum Gasteiger partial charge on any atom is 0.234 e. The van der Waals surface area contributed by atoms with Crippen LogP contribution < -0.4 is 9.64 Å². The summed E-state index contributed by atoms with van der Waals surface area (Å²) in [5.74, 6) is 0.148. The molecular formula is C12H10N2O3. The van der Waals surface area contributed by atoms with Crippen LogP contribution in [0.1, 0.15) is 12.0 Å². The molecule has 0 aliphatic carbocycles. The van der Waals surface area contributed by atoms with Gasteiger partial charge in [0.25, 0.3) is 0 Å². The number of ether oxygens (including phenoxy) is 1. The van der Waals surface area contributed by atoms with E-state index < -0.39 is 0 Å². The summed E-state index contributed by atoms with van der Waals surface area (Å²) in [5, 5.41) is 9.02. The molecule has 1 aliphatic heterocycles. The fourth-order valence-corrected chi connectivity index (χ4v) is 1.77. The molecule has 2 rings (SSSR count). The molecule has 0 saturated carbocycles. The molecular weight excluding hydrogens is 220 g/mol. The Bertz CT molecular complexity index is 531. The summed E-state index contributed by atoms with van der Waals surface area (Å²) in [4.78, 5) is 24.1. The highest BCUT2D eigenvalue weighted by molar-refractivity contribution is 6.15. The lowest BCUT2D eigenvalue weighted by molar-refractivity contribution is -0.121. The molecule has 1 aromatic carbocycles. The highest BCUT2D eigenvalue weighted by Crippen LogP contribution is 2.27. The Labute approximate surface area is 98.2 Å². The molecule has 17 heavy (non-hydrogen) atoms. The topological polar surface area (TPSA) is 70.4 Å². The fourth-order valence-electron chi connectivity index (χ4n) is 1.77. The number of anilines is 1. The number of carbonyl (C=O) groups excluding carboxylic acids is 2. The molecule has 86 valence electrons. The number of amides is 1. The average Bonchev–Trinajstić information content (AvgIpc) is 2.67. The minimum atomic E-state index is -0.267. The first-order valence-electron chi connectivity index (χ1n) is 5.06. The van der Waals surface area contributed by atoms with Gasteiger partial charge in [0, 0.05) is 0 Å². The van der Waals surface area contributed by atoms with Crippen molar-refractivity contribution in [2.75, 3.05) is 18.6 Å². The van der Waals surface area contributed by atoms with Gasteiger partial charge in [-0.2, -0.15) is 5.26 Å². The summed E-state index contributed by atoms with van der Waals surface area (Å²) >= 11 is 0. The Morgan fingerprint density at radius 3 is 2.71 bits per heavy atom. The standard InChI is InChI=1S/C12H10N2O3/c1-17-10-2-3-11(8(4-10)6-13)14-7-9(15)5-12(14)16/h2-4H,5,7H2,1H3. The van der Waals surface area contributed by atoms with Gasteiger partial charge in [0.05, 0.1) is 31.3 Å². The van der Waals surface area contributed by atoms with Crippen molar-refractivity contribution in [2.24, 2.45) is 0 Å². The molecule has 5 heteroatoms. The third kappa shape index (κ3) is 1.97. The number of hydrogen-bond donors (Lipinski definition) is 0. The summed E-state index contributed by atoms with van der Waals surface area (Å²) in [6.45, 7) is 0.0415. The zero-order valence-electron chi connectivity index (χ0n) is 9.27. The number of Topliss-reactive ketones (excluding diaryl/α,β-unsaturated/α-hetero) is 1. The van der Waals surface area contributed by atoms with Crippen LogP contribution in [-0.2, 0) is 9.59 Å². The summed E-state index contributed by atoms with van der Waals surface area (Å²) in [5.41, 5.74) is 0.788. The Kier molecular flexibility index (Phi) is 2.79. The second kappa shape index (κ2) is 4.26. The maximum absolute atomic E-state index is 11.6. The number of ketones is 1. The molecule has 1 heterocycles. The van der Waals surface area contributed by atoms with E-state index >= 15 is 0 Å². The van der Waals surface area contributed by atoms with Gasteiger partial charge in [0.2, 0.25) is 5.91 Å². The number of nitrogens with zero attached hydrogens (tertiary/aromatic N) is 2. The van der Waals surface area contributed by atoms with Crippen molar-refractivity contribution < 1.29 is 14.3 Å². The smallest absolute Gasteiger partial charge is 0.234 e. The molecule has 0 aromatic heterocycles. The third-order valence-electron chi connectivity index (χ3n) is 2.60. The molecule has 1 aliphatic rings. The SMILES string of the molecule is COc1ccc(N2CC(=O)CC2=O)c(C#N)c1. The van der Waals surface area contributed by atoms with Crippen molar-refractivity contribution >= 4 is 17.4 Å². The number of benzene rings is 1. The molecule has 0 unspecified atom stereocenters. The van der Waals surface area contributed by atoms with Crippen molar-refractivity contribution in [3.63, 3.8) is 0 Å². The second-order valence-corrected chi connectivity index (χ2v) is 3.69. The quantitative estimate of drug-likeness (QED) is 0.707. The predicted octanol–water partition coefficient (Wildman–Crippen LogP) is 0.873. The second-order valence-electron chi connectivity index (χ2n) is 3.69. The maximum atomic E-state index is 11.6. The Balaban J connectivity index is 2.42.